The molecule has 1 fully saturated rings. The van der Waals surface area contributed by atoms with E-state index in [1.54, 1.807) is 4.52 Å². The number of anilines is 1. The van der Waals surface area contributed by atoms with E-state index in [1.165, 1.54) is 19.3 Å². The summed E-state index contributed by atoms with van der Waals surface area (Å²) in [6.45, 7) is 0. The number of carbonyl (C=O) groups is 1. The van der Waals surface area contributed by atoms with Crippen molar-refractivity contribution in [2.45, 2.75) is 38.1 Å². The topological polar surface area (TPSA) is 79.5 Å². The monoisotopic (exact) mass is 338 g/mol. The third-order valence-electron chi connectivity index (χ3n) is 3.52. The molecule has 0 aromatic carbocycles. The van der Waals surface area contributed by atoms with Crippen molar-refractivity contribution in [3.8, 4) is 0 Å². The second-order valence-corrected chi connectivity index (χ2v) is 5.75. The molecule has 0 aliphatic heterocycles. The summed E-state index contributed by atoms with van der Waals surface area (Å²) >= 11 is 3.45. The molecule has 0 radical (unpaired) electrons. The van der Waals surface area contributed by atoms with Gasteiger partial charge in [-0.05, 0) is 47.3 Å². The van der Waals surface area contributed by atoms with E-state index in [9.17, 15) is 4.79 Å². The molecule has 0 amide bonds. The summed E-state index contributed by atoms with van der Waals surface area (Å²) in [6.07, 6.45) is 4.11. The van der Waals surface area contributed by atoms with Crippen molar-refractivity contribution in [3.05, 3.63) is 22.4 Å². The van der Waals surface area contributed by atoms with E-state index >= 15 is 0 Å². The molecule has 2 aromatic heterocycles. The minimum atomic E-state index is -0.825. The minimum absolute atomic E-state index is 0.0651. The van der Waals surface area contributed by atoms with Gasteiger partial charge >= 0.3 is 5.97 Å². The number of rotatable bonds is 5. The molecule has 1 aliphatic carbocycles. The Morgan fingerprint density at radius 1 is 1.50 bits per heavy atom. The van der Waals surface area contributed by atoms with Crippen molar-refractivity contribution in [1.29, 1.82) is 0 Å². The summed E-state index contributed by atoms with van der Waals surface area (Å²) in [4.78, 5) is 15.0. The van der Waals surface area contributed by atoms with Crippen LogP contribution in [0.4, 0.5) is 5.82 Å². The molecule has 0 spiro atoms. The highest BCUT2D eigenvalue weighted by molar-refractivity contribution is 9.10. The largest absolute Gasteiger partial charge is 0.481 e. The summed E-state index contributed by atoms with van der Waals surface area (Å²) in [5.41, 5.74) is 1.44. The lowest BCUT2D eigenvalue weighted by Gasteiger charge is -2.26. The van der Waals surface area contributed by atoms with Crippen LogP contribution in [0, 0.1) is 0 Å². The summed E-state index contributed by atoms with van der Waals surface area (Å²) in [6, 6.07) is 4.32. The Balaban J connectivity index is 1.84. The van der Waals surface area contributed by atoms with Crippen LogP contribution in [0.5, 0.6) is 0 Å². The van der Waals surface area contributed by atoms with E-state index < -0.39 is 5.97 Å². The van der Waals surface area contributed by atoms with Crippen LogP contribution in [0.2, 0.25) is 0 Å². The first-order valence-electron chi connectivity index (χ1n) is 6.66. The average molecular weight is 339 g/mol. The molecule has 106 valence electrons. The molecule has 6 nitrogen and oxygen atoms in total. The van der Waals surface area contributed by atoms with Crippen molar-refractivity contribution in [2.24, 2.45) is 0 Å². The summed E-state index contributed by atoms with van der Waals surface area (Å²) < 4.78 is 2.43. The smallest absolute Gasteiger partial charge is 0.303 e. The second kappa shape index (κ2) is 5.40. The van der Waals surface area contributed by atoms with Crippen LogP contribution in [-0.2, 0) is 11.2 Å². The van der Waals surface area contributed by atoms with Gasteiger partial charge in [0, 0.05) is 12.5 Å². The van der Waals surface area contributed by atoms with Gasteiger partial charge in [0.05, 0.1) is 12.1 Å². The Hall–Kier alpha value is -1.63. The zero-order chi connectivity index (χ0) is 14.1. The third-order valence-corrected chi connectivity index (χ3v) is 4.32. The molecule has 1 aliphatic rings. The highest BCUT2D eigenvalue weighted by atomic mass is 79.9. The maximum absolute atomic E-state index is 10.6. The molecule has 20 heavy (non-hydrogen) atoms. The average Bonchev–Trinajstić information content (AvgIpc) is 2.68. The third kappa shape index (κ3) is 2.63. The first-order valence-corrected chi connectivity index (χ1v) is 7.45. The van der Waals surface area contributed by atoms with E-state index in [2.05, 4.69) is 31.3 Å². The maximum Gasteiger partial charge on any atom is 0.303 e. The summed E-state index contributed by atoms with van der Waals surface area (Å²) in [7, 11) is 0. The van der Waals surface area contributed by atoms with Gasteiger partial charge in [-0.3, -0.25) is 4.79 Å². The summed E-state index contributed by atoms with van der Waals surface area (Å²) in [5.74, 6) is -0.000612. The molecule has 0 bridgehead atoms. The lowest BCUT2D eigenvalue weighted by Crippen LogP contribution is -2.27. The highest BCUT2D eigenvalue weighted by Gasteiger charge is 2.18. The number of fused-ring (bicyclic) bond motifs is 1. The number of carboxylic acids is 1. The molecule has 0 saturated heterocycles. The fourth-order valence-electron chi connectivity index (χ4n) is 2.18. The lowest BCUT2D eigenvalue weighted by atomic mass is 9.93. The van der Waals surface area contributed by atoms with Crippen LogP contribution in [0.1, 0.15) is 31.4 Å². The number of hydrogen-bond acceptors (Lipinski definition) is 4. The van der Waals surface area contributed by atoms with Gasteiger partial charge in [-0.25, -0.2) is 9.50 Å². The van der Waals surface area contributed by atoms with Crippen molar-refractivity contribution in [1.82, 2.24) is 14.6 Å². The van der Waals surface area contributed by atoms with Gasteiger partial charge in [0.2, 0.25) is 0 Å². The molecule has 2 N–H and O–H groups in total. The number of nitrogens with one attached hydrogen (secondary N) is 1. The van der Waals surface area contributed by atoms with Crippen LogP contribution in [-0.4, -0.2) is 31.7 Å². The quantitative estimate of drug-likeness (QED) is 0.875. The zero-order valence-corrected chi connectivity index (χ0v) is 12.4. The first kappa shape index (κ1) is 13.4. The number of imidazole rings is 1. The van der Waals surface area contributed by atoms with Crippen LogP contribution in [0.3, 0.4) is 0 Å². The Bertz CT molecular complexity index is 651. The molecular weight excluding hydrogens is 324 g/mol. The van der Waals surface area contributed by atoms with Gasteiger partial charge in [-0.1, -0.05) is 0 Å². The Morgan fingerprint density at radius 2 is 2.30 bits per heavy atom. The van der Waals surface area contributed by atoms with Gasteiger partial charge in [0.1, 0.15) is 10.4 Å². The Labute approximate surface area is 124 Å². The number of carboxylic acid groups (broad SMARTS) is 1. The predicted octanol–water partition coefficient (Wildman–Crippen LogP) is 2.47. The number of nitrogens with zero attached hydrogens (tertiary/aromatic N) is 3. The van der Waals surface area contributed by atoms with Crippen LogP contribution >= 0.6 is 15.9 Å². The Kier molecular flexibility index (Phi) is 3.60. The van der Waals surface area contributed by atoms with Gasteiger partial charge < -0.3 is 10.4 Å². The number of hydrogen-bond donors (Lipinski definition) is 2. The van der Waals surface area contributed by atoms with Crippen molar-refractivity contribution < 1.29 is 9.90 Å². The lowest BCUT2D eigenvalue weighted by molar-refractivity contribution is -0.136. The highest BCUT2D eigenvalue weighted by Crippen LogP contribution is 2.24. The maximum atomic E-state index is 10.6. The number of halogens is 1. The van der Waals surface area contributed by atoms with E-state index in [-0.39, 0.29) is 6.42 Å². The van der Waals surface area contributed by atoms with E-state index in [4.69, 9.17) is 5.11 Å². The van der Waals surface area contributed by atoms with Gasteiger partial charge in [-0.15, -0.1) is 5.10 Å². The predicted molar refractivity (Wildman–Crippen MR) is 77.9 cm³/mol. The minimum Gasteiger partial charge on any atom is -0.481 e. The SMILES string of the molecule is O=C(O)CCc1nc2ccc(NC3CCC3)nn2c1Br. The van der Waals surface area contributed by atoms with Crippen LogP contribution in [0.15, 0.2) is 16.7 Å². The van der Waals surface area contributed by atoms with E-state index in [0.717, 1.165) is 21.8 Å². The van der Waals surface area contributed by atoms with E-state index in [1.807, 2.05) is 12.1 Å². The number of aliphatic carboxylic acids is 1. The van der Waals surface area contributed by atoms with Gasteiger partial charge in [0.15, 0.2) is 5.65 Å². The normalized spacial score (nSPS) is 15.2. The molecule has 7 heteroatoms. The molecule has 3 rings (SSSR count). The van der Waals surface area contributed by atoms with Crippen molar-refractivity contribution in [2.75, 3.05) is 5.32 Å². The molecule has 2 heterocycles. The van der Waals surface area contributed by atoms with Gasteiger partial charge in [-0.2, -0.15) is 0 Å². The summed E-state index contributed by atoms with van der Waals surface area (Å²) in [5, 5.41) is 16.6. The number of aromatic nitrogens is 3. The zero-order valence-electron chi connectivity index (χ0n) is 10.8. The second-order valence-electron chi connectivity index (χ2n) is 5.00. The van der Waals surface area contributed by atoms with Gasteiger partial charge in [0.25, 0.3) is 0 Å². The first-order chi connectivity index (χ1) is 9.63. The van der Waals surface area contributed by atoms with Crippen molar-refractivity contribution in [3.63, 3.8) is 0 Å². The fraction of sp³-hybridized carbons (Fsp3) is 0.462. The Morgan fingerprint density at radius 3 is 2.95 bits per heavy atom. The molecular formula is C13H15BrN4O2. The number of aryl methyl sites for hydroxylation is 1. The standard InChI is InChI=1S/C13H15BrN4O2/c14-13-9(4-7-12(19)20)16-11-6-5-10(17-18(11)13)15-8-2-1-3-8/h5-6,8H,1-4,7H2,(H,15,17)(H,19,20). The molecule has 2 aromatic rings. The molecule has 1 saturated carbocycles. The molecule has 0 atom stereocenters. The van der Waals surface area contributed by atoms with Crippen molar-refractivity contribution >= 4 is 33.4 Å². The fourth-order valence-corrected chi connectivity index (χ4v) is 2.72. The molecule has 0 unspecified atom stereocenters. The van der Waals surface area contributed by atoms with Crippen LogP contribution in [0.25, 0.3) is 5.65 Å². The van der Waals surface area contributed by atoms with Crippen LogP contribution < -0.4 is 5.32 Å². The van der Waals surface area contributed by atoms with E-state index in [0.29, 0.717) is 12.5 Å².